The van der Waals surface area contributed by atoms with E-state index >= 15 is 0 Å². The molecule has 19 heavy (non-hydrogen) atoms. The van der Waals surface area contributed by atoms with Gasteiger partial charge in [0.2, 0.25) is 0 Å². The van der Waals surface area contributed by atoms with Gasteiger partial charge in [0.1, 0.15) is 0 Å². The van der Waals surface area contributed by atoms with E-state index in [1.807, 2.05) is 17.0 Å². The molecule has 1 atom stereocenters. The second kappa shape index (κ2) is 6.76. The molecule has 1 heterocycles. The van der Waals surface area contributed by atoms with E-state index in [1.165, 1.54) is 6.42 Å². The number of likely N-dealkylation sites (tertiary alicyclic amines) is 1. The van der Waals surface area contributed by atoms with Gasteiger partial charge in [-0.3, -0.25) is 4.79 Å². The molecule has 1 aliphatic heterocycles. The van der Waals surface area contributed by atoms with Crippen molar-refractivity contribution in [3.05, 3.63) is 33.3 Å². The molecule has 0 bridgehead atoms. The quantitative estimate of drug-likeness (QED) is 0.764. The van der Waals surface area contributed by atoms with Crippen molar-refractivity contribution in [3.63, 3.8) is 0 Å². The van der Waals surface area contributed by atoms with Gasteiger partial charge in [-0.2, -0.15) is 0 Å². The van der Waals surface area contributed by atoms with Gasteiger partial charge in [-0.05, 0) is 43.9 Å². The van der Waals surface area contributed by atoms with E-state index in [0.717, 1.165) is 36.7 Å². The summed E-state index contributed by atoms with van der Waals surface area (Å²) in [7, 11) is 0. The zero-order valence-corrected chi connectivity index (χ0v) is 13.5. The summed E-state index contributed by atoms with van der Waals surface area (Å²) in [6.45, 7) is 3.02. The van der Waals surface area contributed by atoms with Crippen LogP contribution in [0.4, 0.5) is 0 Å². The van der Waals surface area contributed by atoms with Crippen molar-refractivity contribution in [2.24, 2.45) is 0 Å². The van der Waals surface area contributed by atoms with Crippen LogP contribution in [0.2, 0.25) is 5.02 Å². The van der Waals surface area contributed by atoms with Gasteiger partial charge in [-0.1, -0.05) is 40.9 Å². The zero-order valence-electron chi connectivity index (χ0n) is 11.2. The largest absolute Gasteiger partial charge is 0.336 e. The number of nitrogens with zero attached hydrogens (tertiary/aromatic N) is 1. The molecule has 1 fully saturated rings. The highest BCUT2D eigenvalue weighted by atomic mass is 79.9. The Hall–Kier alpha value is -0.540. The van der Waals surface area contributed by atoms with Gasteiger partial charge in [0, 0.05) is 17.1 Å². The molecule has 0 saturated carbocycles. The van der Waals surface area contributed by atoms with Crippen LogP contribution >= 0.6 is 27.5 Å². The fraction of sp³-hybridized carbons (Fsp3) is 0.533. The summed E-state index contributed by atoms with van der Waals surface area (Å²) in [6.07, 6.45) is 5.63. The molecule has 1 saturated heterocycles. The van der Waals surface area contributed by atoms with Crippen LogP contribution in [0.25, 0.3) is 0 Å². The average Bonchev–Trinajstić information content (AvgIpc) is 2.42. The van der Waals surface area contributed by atoms with E-state index in [2.05, 4.69) is 22.9 Å². The number of rotatable bonds is 3. The fourth-order valence-electron chi connectivity index (χ4n) is 2.72. The van der Waals surface area contributed by atoms with Crippen LogP contribution in [0.1, 0.15) is 49.4 Å². The smallest absolute Gasteiger partial charge is 0.255 e. The third-order valence-electron chi connectivity index (χ3n) is 3.67. The Bertz CT molecular complexity index is 461. The van der Waals surface area contributed by atoms with Crippen molar-refractivity contribution >= 4 is 33.4 Å². The maximum Gasteiger partial charge on any atom is 0.255 e. The highest BCUT2D eigenvalue weighted by molar-refractivity contribution is 9.10. The van der Waals surface area contributed by atoms with Gasteiger partial charge >= 0.3 is 0 Å². The second-order valence-electron chi connectivity index (χ2n) is 5.06. The minimum absolute atomic E-state index is 0.0736. The predicted octanol–water partition coefficient (Wildman–Crippen LogP) is 4.90. The molecule has 1 aromatic rings. The first-order valence-corrected chi connectivity index (χ1v) is 8.06. The zero-order chi connectivity index (χ0) is 13.8. The molecule has 1 aliphatic rings. The molecule has 2 nitrogen and oxygen atoms in total. The number of benzene rings is 1. The van der Waals surface area contributed by atoms with Gasteiger partial charge in [0.05, 0.1) is 10.6 Å². The van der Waals surface area contributed by atoms with Crippen molar-refractivity contribution in [3.8, 4) is 0 Å². The minimum Gasteiger partial charge on any atom is -0.336 e. The Morgan fingerprint density at radius 2 is 2.26 bits per heavy atom. The standard InChI is InChI=1S/C15H19BrClNO/c1-2-5-12-6-3-4-9-18(12)15(19)13-10-11(16)7-8-14(13)17/h7-8,10,12H,2-6,9H2,1H3. The van der Waals surface area contributed by atoms with Crippen LogP contribution in [0.5, 0.6) is 0 Å². The van der Waals surface area contributed by atoms with Crippen LogP contribution in [0, 0.1) is 0 Å². The summed E-state index contributed by atoms with van der Waals surface area (Å²) >= 11 is 9.57. The molecule has 0 radical (unpaired) electrons. The molecule has 104 valence electrons. The summed E-state index contributed by atoms with van der Waals surface area (Å²) in [4.78, 5) is 14.7. The Labute approximate surface area is 128 Å². The predicted molar refractivity (Wildman–Crippen MR) is 82.7 cm³/mol. The number of carbonyl (C=O) groups is 1. The molecule has 1 aromatic carbocycles. The van der Waals surface area contributed by atoms with E-state index in [1.54, 1.807) is 6.07 Å². The van der Waals surface area contributed by atoms with Crippen LogP contribution in [0.3, 0.4) is 0 Å². The number of hydrogen-bond acceptors (Lipinski definition) is 1. The Morgan fingerprint density at radius 3 is 3.00 bits per heavy atom. The number of hydrogen-bond donors (Lipinski definition) is 0. The number of amides is 1. The van der Waals surface area contributed by atoms with Crippen LogP contribution in [-0.2, 0) is 0 Å². The van der Waals surface area contributed by atoms with E-state index in [9.17, 15) is 4.79 Å². The van der Waals surface area contributed by atoms with E-state index in [-0.39, 0.29) is 5.91 Å². The third kappa shape index (κ3) is 3.51. The van der Waals surface area contributed by atoms with Gasteiger partial charge in [0.25, 0.3) is 5.91 Å². The van der Waals surface area contributed by atoms with E-state index in [4.69, 9.17) is 11.6 Å². The normalized spacial score (nSPS) is 19.5. The lowest BCUT2D eigenvalue weighted by Crippen LogP contribution is -2.43. The molecule has 0 N–H and O–H groups in total. The van der Waals surface area contributed by atoms with Crippen molar-refractivity contribution in [2.75, 3.05) is 6.54 Å². The van der Waals surface area contributed by atoms with Crippen LogP contribution in [0.15, 0.2) is 22.7 Å². The number of halogens is 2. The Kier molecular flexibility index (Phi) is 5.28. The monoisotopic (exact) mass is 343 g/mol. The maximum atomic E-state index is 12.7. The summed E-state index contributed by atoms with van der Waals surface area (Å²) in [5.74, 6) is 0.0736. The van der Waals surface area contributed by atoms with Crippen molar-refractivity contribution in [1.82, 2.24) is 4.90 Å². The molecular formula is C15H19BrClNO. The summed E-state index contributed by atoms with van der Waals surface area (Å²) in [5.41, 5.74) is 0.610. The molecule has 0 aromatic heterocycles. The molecule has 0 aliphatic carbocycles. The van der Waals surface area contributed by atoms with Crippen molar-refractivity contribution in [1.29, 1.82) is 0 Å². The molecule has 1 unspecified atom stereocenters. The SMILES string of the molecule is CCCC1CCCCN1C(=O)c1cc(Br)ccc1Cl. The lowest BCUT2D eigenvalue weighted by molar-refractivity contribution is 0.0601. The van der Waals surface area contributed by atoms with E-state index < -0.39 is 0 Å². The lowest BCUT2D eigenvalue weighted by Gasteiger charge is -2.36. The first kappa shape index (κ1) is 14.9. The maximum absolute atomic E-state index is 12.7. The highest BCUT2D eigenvalue weighted by Crippen LogP contribution is 2.27. The van der Waals surface area contributed by atoms with Crippen molar-refractivity contribution in [2.45, 2.75) is 45.1 Å². The van der Waals surface area contributed by atoms with E-state index in [0.29, 0.717) is 16.6 Å². The van der Waals surface area contributed by atoms with Crippen molar-refractivity contribution < 1.29 is 4.79 Å². The van der Waals surface area contributed by atoms with Gasteiger partial charge in [0.15, 0.2) is 0 Å². The topological polar surface area (TPSA) is 20.3 Å². The lowest BCUT2D eigenvalue weighted by atomic mass is 9.97. The fourth-order valence-corrected chi connectivity index (χ4v) is 3.28. The van der Waals surface area contributed by atoms with Gasteiger partial charge in [-0.15, -0.1) is 0 Å². The second-order valence-corrected chi connectivity index (χ2v) is 6.38. The Morgan fingerprint density at radius 1 is 1.47 bits per heavy atom. The summed E-state index contributed by atoms with van der Waals surface area (Å²) in [5, 5.41) is 0.536. The minimum atomic E-state index is 0.0736. The molecular weight excluding hydrogens is 326 g/mol. The van der Waals surface area contributed by atoms with Gasteiger partial charge in [-0.25, -0.2) is 0 Å². The van der Waals surface area contributed by atoms with Crippen LogP contribution in [-0.4, -0.2) is 23.4 Å². The van der Waals surface area contributed by atoms with Crippen LogP contribution < -0.4 is 0 Å². The molecule has 4 heteroatoms. The van der Waals surface area contributed by atoms with Gasteiger partial charge < -0.3 is 4.90 Å². The number of piperidine rings is 1. The molecule has 1 amide bonds. The first-order chi connectivity index (χ1) is 9.13. The highest BCUT2D eigenvalue weighted by Gasteiger charge is 2.27. The molecule has 0 spiro atoms. The first-order valence-electron chi connectivity index (χ1n) is 6.89. The Balaban J connectivity index is 2.23. The number of carbonyl (C=O) groups excluding carboxylic acids is 1. The molecule has 2 rings (SSSR count). The summed E-state index contributed by atoms with van der Waals surface area (Å²) < 4.78 is 0.893. The third-order valence-corrected chi connectivity index (χ3v) is 4.49. The average molecular weight is 345 g/mol. The summed E-state index contributed by atoms with van der Waals surface area (Å²) in [6, 6.07) is 5.83.